The summed E-state index contributed by atoms with van der Waals surface area (Å²) in [6.45, 7) is 8.32. The zero-order chi connectivity index (χ0) is 15.3. The molecule has 5 nitrogen and oxygen atoms in total. The van der Waals surface area contributed by atoms with Crippen LogP contribution in [0.1, 0.15) is 25.0 Å². The molecule has 0 bridgehead atoms. The highest BCUT2D eigenvalue weighted by molar-refractivity contribution is 5.85. The van der Waals surface area contributed by atoms with E-state index in [1.807, 2.05) is 12.1 Å². The molecule has 0 atom stereocenters. The van der Waals surface area contributed by atoms with Gasteiger partial charge in [0.2, 0.25) is 5.91 Å². The molecule has 1 aliphatic rings. The molecule has 1 aromatic rings. The standard InChI is InChI=1S/C16H25N3O2/c1-16(2,17)15(20)18-11-13-5-3-4-6-14(13)12-19-7-9-21-10-8-19/h3-6H,7-12,17H2,1-2H3,(H,18,20). The average molecular weight is 291 g/mol. The summed E-state index contributed by atoms with van der Waals surface area (Å²) in [5.41, 5.74) is 7.33. The molecule has 1 aliphatic heterocycles. The number of carbonyl (C=O) groups excluding carboxylic acids is 1. The summed E-state index contributed by atoms with van der Waals surface area (Å²) in [5.74, 6) is -0.135. The first-order chi connectivity index (χ1) is 9.97. The average Bonchev–Trinajstić information content (AvgIpc) is 2.46. The third kappa shape index (κ3) is 4.81. The van der Waals surface area contributed by atoms with E-state index in [9.17, 15) is 4.79 Å². The molecule has 0 aromatic heterocycles. The van der Waals surface area contributed by atoms with Crippen LogP contribution in [0, 0.1) is 0 Å². The van der Waals surface area contributed by atoms with Crippen molar-refractivity contribution >= 4 is 5.91 Å². The maximum atomic E-state index is 11.9. The van der Waals surface area contributed by atoms with Gasteiger partial charge in [-0.3, -0.25) is 9.69 Å². The molecular weight excluding hydrogens is 266 g/mol. The Balaban J connectivity index is 1.98. The van der Waals surface area contributed by atoms with Crippen molar-refractivity contribution in [1.82, 2.24) is 10.2 Å². The Kier molecular flexibility index (Phi) is 5.33. The first-order valence-corrected chi connectivity index (χ1v) is 7.41. The smallest absolute Gasteiger partial charge is 0.239 e. The Labute approximate surface area is 126 Å². The van der Waals surface area contributed by atoms with Gasteiger partial charge in [-0.2, -0.15) is 0 Å². The summed E-state index contributed by atoms with van der Waals surface area (Å²) in [7, 11) is 0. The fourth-order valence-electron chi connectivity index (χ4n) is 2.29. The molecular formula is C16H25N3O2. The van der Waals surface area contributed by atoms with E-state index in [1.165, 1.54) is 5.56 Å². The molecule has 0 saturated carbocycles. The van der Waals surface area contributed by atoms with Gasteiger partial charge in [-0.25, -0.2) is 0 Å². The van der Waals surface area contributed by atoms with Gasteiger partial charge in [-0.15, -0.1) is 0 Å². The van der Waals surface area contributed by atoms with Crippen LogP contribution in [0.2, 0.25) is 0 Å². The second-order valence-electron chi connectivity index (χ2n) is 6.06. The normalized spacial score (nSPS) is 16.7. The lowest BCUT2D eigenvalue weighted by molar-refractivity contribution is -0.125. The number of rotatable bonds is 5. The number of hydrogen-bond acceptors (Lipinski definition) is 4. The lowest BCUT2D eigenvalue weighted by Crippen LogP contribution is -2.48. The number of carbonyl (C=O) groups is 1. The van der Waals surface area contributed by atoms with Crippen LogP contribution in [0.5, 0.6) is 0 Å². The summed E-state index contributed by atoms with van der Waals surface area (Å²) in [4.78, 5) is 14.2. The minimum Gasteiger partial charge on any atom is -0.379 e. The van der Waals surface area contributed by atoms with Gasteiger partial charge >= 0.3 is 0 Å². The van der Waals surface area contributed by atoms with E-state index in [-0.39, 0.29) is 5.91 Å². The molecule has 5 heteroatoms. The van der Waals surface area contributed by atoms with E-state index in [4.69, 9.17) is 10.5 Å². The van der Waals surface area contributed by atoms with Crippen LogP contribution in [-0.4, -0.2) is 42.6 Å². The lowest BCUT2D eigenvalue weighted by atomic mass is 10.0. The van der Waals surface area contributed by atoms with Crippen LogP contribution in [0.3, 0.4) is 0 Å². The molecule has 0 spiro atoms. The van der Waals surface area contributed by atoms with Gasteiger partial charge in [0.05, 0.1) is 18.8 Å². The molecule has 1 fully saturated rings. The number of ether oxygens (including phenoxy) is 1. The third-order valence-electron chi connectivity index (χ3n) is 3.64. The minimum absolute atomic E-state index is 0.135. The molecule has 0 radical (unpaired) electrons. The van der Waals surface area contributed by atoms with Crippen LogP contribution in [0.25, 0.3) is 0 Å². The van der Waals surface area contributed by atoms with Crippen LogP contribution in [0.15, 0.2) is 24.3 Å². The zero-order valence-corrected chi connectivity index (χ0v) is 12.9. The Morgan fingerprint density at radius 3 is 2.52 bits per heavy atom. The number of nitrogens with zero attached hydrogens (tertiary/aromatic N) is 1. The van der Waals surface area contributed by atoms with Gasteiger partial charge in [0.25, 0.3) is 0 Å². The summed E-state index contributed by atoms with van der Waals surface area (Å²) in [6, 6.07) is 8.20. The Morgan fingerprint density at radius 2 is 1.90 bits per heavy atom. The maximum Gasteiger partial charge on any atom is 0.239 e. The molecule has 3 N–H and O–H groups in total. The van der Waals surface area contributed by atoms with Gasteiger partial charge in [0.1, 0.15) is 0 Å². The van der Waals surface area contributed by atoms with E-state index < -0.39 is 5.54 Å². The van der Waals surface area contributed by atoms with Crippen molar-refractivity contribution < 1.29 is 9.53 Å². The van der Waals surface area contributed by atoms with Gasteiger partial charge in [0.15, 0.2) is 0 Å². The maximum absolute atomic E-state index is 11.9. The highest BCUT2D eigenvalue weighted by Gasteiger charge is 2.21. The third-order valence-corrected chi connectivity index (χ3v) is 3.64. The summed E-state index contributed by atoms with van der Waals surface area (Å²) >= 11 is 0. The Bertz CT molecular complexity index is 477. The second kappa shape index (κ2) is 7.02. The molecule has 116 valence electrons. The van der Waals surface area contributed by atoms with Crippen molar-refractivity contribution in [3.63, 3.8) is 0 Å². The van der Waals surface area contributed by atoms with E-state index >= 15 is 0 Å². The van der Waals surface area contributed by atoms with Crippen molar-refractivity contribution in [2.75, 3.05) is 26.3 Å². The van der Waals surface area contributed by atoms with Crippen molar-refractivity contribution in [3.8, 4) is 0 Å². The van der Waals surface area contributed by atoms with Crippen LogP contribution in [0.4, 0.5) is 0 Å². The van der Waals surface area contributed by atoms with Gasteiger partial charge in [0, 0.05) is 26.2 Å². The summed E-state index contributed by atoms with van der Waals surface area (Å²) < 4.78 is 5.37. The second-order valence-corrected chi connectivity index (χ2v) is 6.06. The number of hydrogen-bond donors (Lipinski definition) is 2. The predicted octanol–water partition coefficient (Wildman–Crippen LogP) is 0.872. The van der Waals surface area contributed by atoms with Crippen LogP contribution >= 0.6 is 0 Å². The van der Waals surface area contributed by atoms with E-state index in [0.29, 0.717) is 6.54 Å². The zero-order valence-electron chi connectivity index (χ0n) is 12.9. The molecule has 0 aliphatic carbocycles. The van der Waals surface area contributed by atoms with E-state index in [1.54, 1.807) is 13.8 Å². The number of benzene rings is 1. The number of amides is 1. The predicted molar refractivity (Wildman–Crippen MR) is 82.7 cm³/mol. The Hall–Kier alpha value is -1.43. The summed E-state index contributed by atoms with van der Waals surface area (Å²) in [5, 5.41) is 2.91. The van der Waals surface area contributed by atoms with Crippen molar-refractivity contribution in [2.24, 2.45) is 5.73 Å². The van der Waals surface area contributed by atoms with Crippen molar-refractivity contribution in [1.29, 1.82) is 0 Å². The number of nitrogens with two attached hydrogens (primary N) is 1. The van der Waals surface area contributed by atoms with Crippen molar-refractivity contribution in [3.05, 3.63) is 35.4 Å². The lowest BCUT2D eigenvalue weighted by Gasteiger charge is -2.27. The minimum atomic E-state index is -0.848. The van der Waals surface area contributed by atoms with Crippen LogP contribution in [-0.2, 0) is 22.6 Å². The largest absolute Gasteiger partial charge is 0.379 e. The fourth-order valence-corrected chi connectivity index (χ4v) is 2.29. The molecule has 1 saturated heterocycles. The molecule has 1 heterocycles. The Morgan fingerprint density at radius 1 is 1.29 bits per heavy atom. The quantitative estimate of drug-likeness (QED) is 0.845. The first-order valence-electron chi connectivity index (χ1n) is 7.41. The van der Waals surface area contributed by atoms with Gasteiger partial charge in [-0.1, -0.05) is 24.3 Å². The highest BCUT2D eigenvalue weighted by Crippen LogP contribution is 2.13. The molecule has 2 rings (SSSR count). The van der Waals surface area contributed by atoms with Crippen LogP contribution < -0.4 is 11.1 Å². The molecule has 1 amide bonds. The molecule has 0 unspecified atom stereocenters. The molecule has 1 aromatic carbocycles. The van der Waals surface area contributed by atoms with Gasteiger partial charge < -0.3 is 15.8 Å². The molecule has 21 heavy (non-hydrogen) atoms. The fraction of sp³-hybridized carbons (Fsp3) is 0.562. The number of morpholine rings is 1. The number of nitrogens with one attached hydrogen (secondary N) is 1. The summed E-state index contributed by atoms with van der Waals surface area (Å²) in [6.07, 6.45) is 0. The van der Waals surface area contributed by atoms with Crippen molar-refractivity contribution in [2.45, 2.75) is 32.5 Å². The monoisotopic (exact) mass is 291 g/mol. The first kappa shape index (κ1) is 15.9. The van der Waals surface area contributed by atoms with E-state index in [0.717, 1.165) is 38.4 Å². The van der Waals surface area contributed by atoms with Gasteiger partial charge in [-0.05, 0) is 25.0 Å². The topological polar surface area (TPSA) is 67.6 Å². The SMILES string of the molecule is CC(C)(N)C(=O)NCc1ccccc1CN1CCOCC1. The highest BCUT2D eigenvalue weighted by atomic mass is 16.5. The van der Waals surface area contributed by atoms with E-state index in [2.05, 4.69) is 22.3 Å².